The Hall–Kier alpha value is -4.18. The van der Waals surface area contributed by atoms with Crippen LogP contribution in [0.5, 0.6) is 0 Å². The number of carbonyl (C=O) groups excluding carboxylic acids is 1. The lowest BCUT2D eigenvalue weighted by atomic mass is 9.95. The zero-order valence-corrected chi connectivity index (χ0v) is 21.3. The van der Waals surface area contributed by atoms with E-state index in [1.54, 1.807) is 19.1 Å². The highest BCUT2D eigenvalue weighted by Gasteiger charge is 2.44. The third-order valence-corrected chi connectivity index (χ3v) is 6.39. The smallest absolute Gasteiger partial charge is 0.383 e. The second-order valence-corrected chi connectivity index (χ2v) is 9.31. The van der Waals surface area contributed by atoms with Gasteiger partial charge in [0.1, 0.15) is 5.84 Å². The van der Waals surface area contributed by atoms with Crippen LogP contribution in [0.3, 0.4) is 0 Å². The number of aromatic nitrogens is 1. The van der Waals surface area contributed by atoms with Crippen LogP contribution in [0.1, 0.15) is 42.3 Å². The fraction of sp³-hybridized carbons (Fsp3) is 0.250. The van der Waals surface area contributed by atoms with Crippen LogP contribution in [0.25, 0.3) is 11.1 Å². The van der Waals surface area contributed by atoms with Gasteiger partial charge in [0.05, 0.1) is 16.8 Å². The van der Waals surface area contributed by atoms with Crippen molar-refractivity contribution in [2.45, 2.75) is 38.4 Å². The van der Waals surface area contributed by atoms with Crippen LogP contribution < -0.4 is 21.7 Å². The van der Waals surface area contributed by atoms with Crippen LogP contribution in [0.15, 0.2) is 71.9 Å². The molecule has 1 saturated carbocycles. The zero-order chi connectivity index (χ0) is 27.7. The molecule has 0 unspecified atom stereocenters. The average Bonchev–Trinajstić information content (AvgIpc) is 3.64. The molecule has 0 radical (unpaired) electrons. The minimum absolute atomic E-state index is 0.0317. The molecule has 0 atom stereocenters. The van der Waals surface area contributed by atoms with E-state index < -0.39 is 17.8 Å². The number of carbonyl (C=O) groups is 1. The fourth-order valence-electron chi connectivity index (χ4n) is 4.29. The number of hydrogen-bond acceptors (Lipinski definition) is 4. The second-order valence-electron chi connectivity index (χ2n) is 9.31. The van der Waals surface area contributed by atoms with Gasteiger partial charge in [-0.1, -0.05) is 24.8 Å². The number of hydrogen-bond donors (Lipinski definition) is 4. The lowest BCUT2D eigenvalue weighted by Gasteiger charge is -2.19. The third-order valence-electron chi connectivity index (χ3n) is 6.39. The number of aliphatic imine (C=N–C) groups is 1. The summed E-state index contributed by atoms with van der Waals surface area (Å²) in [6.07, 6.45) is -2.54. The number of rotatable bonds is 7. The topological polar surface area (TPSA) is 104 Å². The number of halogens is 3. The Morgan fingerprint density at radius 2 is 1.74 bits per heavy atom. The third kappa shape index (κ3) is 5.86. The van der Waals surface area contributed by atoms with Gasteiger partial charge in [0.2, 0.25) is 0 Å². The molecule has 7 nitrogen and oxygen atoms in total. The Morgan fingerprint density at radius 3 is 2.32 bits per heavy atom. The van der Waals surface area contributed by atoms with E-state index in [0.717, 1.165) is 47.5 Å². The molecule has 10 heteroatoms. The number of amidine groups is 1. The normalized spacial score (nSPS) is 14.6. The first-order chi connectivity index (χ1) is 17.9. The zero-order valence-electron chi connectivity index (χ0n) is 21.3. The highest BCUT2D eigenvalue weighted by Crippen LogP contribution is 2.45. The molecule has 4 rings (SSSR count). The molecule has 1 heterocycles. The first kappa shape index (κ1) is 26.9. The van der Waals surface area contributed by atoms with Gasteiger partial charge in [0, 0.05) is 28.3 Å². The maximum atomic E-state index is 13.0. The molecule has 1 aliphatic carbocycles. The summed E-state index contributed by atoms with van der Waals surface area (Å²) in [5.74, 6) is 0.307. The van der Waals surface area contributed by atoms with E-state index >= 15 is 0 Å². The van der Waals surface area contributed by atoms with Gasteiger partial charge in [-0.2, -0.15) is 13.2 Å². The fourth-order valence-corrected chi connectivity index (χ4v) is 4.29. The number of benzene rings is 2. The summed E-state index contributed by atoms with van der Waals surface area (Å²) in [5, 5.41) is 8.44. The van der Waals surface area contributed by atoms with Crippen LogP contribution >= 0.6 is 0 Å². The summed E-state index contributed by atoms with van der Waals surface area (Å²) < 4.78 is 38.9. The van der Waals surface area contributed by atoms with Gasteiger partial charge in [-0.25, -0.2) is 9.79 Å². The molecule has 0 bridgehead atoms. The highest BCUT2D eigenvalue weighted by atomic mass is 19.4. The van der Waals surface area contributed by atoms with Crippen molar-refractivity contribution >= 4 is 23.2 Å². The van der Waals surface area contributed by atoms with Gasteiger partial charge < -0.3 is 21.7 Å². The molecule has 0 saturated heterocycles. The van der Waals surface area contributed by atoms with Crippen molar-refractivity contribution in [1.29, 1.82) is 0 Å². The van der Waals surface area contributed by atoms with Gasteiger partial charge in [-0.3, -0.25) is 4.98 Å². The number of allylic oxidation sites excluding steroid dienone is 1. The molecule has 1 aliphatic rings. The number of alkyl halides is 3. The van der Waals surface area contributed by atoms with E-state index in [1.165, 1.54) is 12.1 Å². The molecule has 5 N–H and O–H groups in total. The largest absolute Gasteiger partial charge is 0.416 e. The Morgan fingerprint density at radius 1 is 1.08 bits per heavy atom. The minimum atomic E-state index is -4.50. The monoisotopic (exact) mass is 522 g/mol. The molecule has 1 fully saturated rings. The highest BCUT2D eigenvalue weighted by molar-refractivity contribution is 6.05. The number of aryl methyl sites for hydroxylation is 1. The number of nitrogens with zero attached hydrogens (tertiary/aromatic N) is 2. The first-order valence-corrected chi connectivity index (χ1v) is 12.0. The van der Waals surface area contributed by atoms with Crippen molar-refractivity contribution in [3.63, 3.8) is 0 Å². The summed E-state index contributed by atoms with van der Waals surface area (Å²) in [4.78, 5) is 21.6. The standard InChI is InChI=1S/C28H29F3N6O/c1-16(2)34-25(32)24-17(3)35-23(27(33-4)12-13-27)15-22(24)18-8-10-20(11-9-18)36-26(38)37-21-7-5-6-19(14-21)28(29,30)31/h5-11,14-15,33H,1,12-13H2,2-4H3,(H2,32,34)(H2,36,37,38). The van der Waals surface area contributed by atoms with E-state index in [9.17, 15) is 18.0 Å². The van der Waals surface area contributed by atoms with E-state index in [1.807, 2.05) is 32.2 Å². The number of urea groups is 1. The lowest BCUT2D eigenvalue weighted by molar-refractivity contribution is -0.137. The summed E-state index contributed by atoms with van der Waals surface area (Å²) in [5.41, 5.74) is 10.4. The van der Waals surface area contributed by atoms with E-state index in [-0.39, 0.29) is 11.2 Å². The predicted octanol–water partition coefficient (Wildman–Crippen LogP) is 6.17. The van der Waals surface area contributed by atoms with E-state index in [2.05, 4.69) is 27.5 Å². The van der Waals surface area contributed by atoms with Crippen molar-refractivity contribution in [1.82, 2.24) is 10.3 Å². The summed E-state index contributed by atoms with van der Waals surface area (Å²) in [6.45, 7) is 7.47. The van der Waals surface area contributed by atoms with E-state index in [0.29, 0.717) is 22.8 Å². The molecule has 3 aromatic rings. The van der Waals surface area contributed by atoms with Crippen LogP contribution in [-0.2, 0) is 11.7 Å². The maximum absolute atomic E-state index is 13.0. The Bertz CT molecular complexity index is 1410. The van der Waals surface area contributed by atoms with Gasteiger partial charge in [-0.15, -0.1) is 0 Å². The minimum Gasteiger partial charge on any atom is -0.383 e. The summed E-state index contributed by atoms with van der Waals surface area (Å²) in [7, 11) is 1.92. The Kier molecular flexibility index (Phi) is 7.28. The second kappa shape index (κ2) is 10.3. The molecule has 38 heavy (non-hydrogen) atoms. The Labute approximate surface area is 219 Å². The first-order valence-electron chi connectivity index (χ1n) is 12.0. The quantitative estimate of drug-likeness (QED) is 0.220. The lowest BCUT2D eigenvalue weighted by Crippen LogP contribution is -2.27. The van der Waals surface area contributed by atoms with Crippen molar-refractivity contribution in [3.05, 3.63) is 89.4 Å². The number of nitrogens with one attached hydrogen (secondary N) is 3. The maximum Gasteiger partial charge on any atom is 0.416 e. The number of amides is 2. The van der Waals surface area contributed by atoms with Crippen molar-refractivity contribution in [2.24, 2.45) is 10.7 Å². The molecule has 0 spiro atoms. The predicted molar refractivity (Wildman–Crippen MR) is 144 cm³/mol. The van der Waals surface area contributed by atoms with Crippen LogP contribution in [0, 0.1) is 6.92 Å². The Balaban J connectivity index is 1.60. The van der Waals surface area contributed by atoms with Crippen LogP contribution in [0.4, 0.5) is 29.3 Å². The SMILES string of the molecule is C=C(C)N=C(N)c1c(-c2ccc(NC(=O)Nc3cccc(C(F)(F)F)c3)cc2)cc(C2(NC)CC2)nc1C. The summed E-state index contributed by atoms with van der Waals surface area (Å²) in [6, 6.07) is 12.9. The summed E-state index contributed by atoms with van der Waals surface area (Å²) >= 11 is 0. The van der Waals surface area contributed by atoms with Gasteiger partial charge in [0.15, 0.2) is 0 Å². The van der Waals surface area contributed by atoms with Gasteiger partial charge in [0.25, 0.3) is 0 Å². The number of anilines is 2. The van der Waals surface area contributed by atoms with Gasteiger partial charge in [-0.05, 0) is 81.3 Å². The van der Waals surface area contributed by atoms with E-state index in [4.69, 9.17) is 10.7 Å². The van der Waals surface area contributed by atoms with Crippen LogP contribution in [0.2, 0.25) is 0 Å². The van der Waals surface area contributed by atoms with Crippen molar-refractivity contribution < 1.29 is 18.0 Å². The molecule has 2 aromatic carbocycles. The molecule has 198 valence electrons. The molecular weight excluding hydrogens is 493 g/mol. The molecule has 1 aromatic heterocycles. The molecule has 0 aliphatic heterocycles. The average molecular weight is 523 g/mol. The van der Waals surface area contributed by atoms with Crippen molar-refractivity contribution in [3.8, 4) is 11.1 Å². The number of pyridine rings is 1. The van der Waals surface area contributed by atoms with Crippen LogP contribution in [-0.4, -0.2) is 23.9 Å². The molecular formula is C28H29F3N6O. The molecule has 2 amide bonds. The van der Waals surface area contributed by atoms with Crippen molar-refractivity contribution in [2.75, 3.05) is 17.7 Å². The van der Waals surface area contributed by atoms with Gasteiger partial charge >= 0.3 is 12.2 Å². The number of nitrogens with two attached hydrogens (primary N) is 1.